The Morgan fingerprint density at radius 2 is 1.60 bits per heavy atom. The van der Waals surface area contributed by atoms with Gasteiger partial charge in [-0.3, -0.25) is 9.59 Å². The fourth-order valence-corrected chi connectivity index (χ4v) is 0.266. The van der Waals surface area contributed by atoms with Crippen LogP contribution in [0.1, 0.15) is 0 Å². The van der Waals surface area contributed by atoms with Crippen molar-refractivity contribution in [3.05, 3.63) is 19.6 Å². The molecule has 0 aromatic heterocycles. The number of aliphatic carboxylic acids is 2. The van der Waals surface area contributed by atoms with Gasteiger partial charge in [-0.25, -0.2) is 0 Å². The normalized spacial score (nSPS) is 10.5. The lowest BCUT2D eigenvalue weighted by Gasteiger charge is -2.12. The minimum atomic E-state index is -2.11. The molecule has 0 rings (SSSR count). The third-order valence-corrected chi connectivity index (χ3v) is 1.11. The first kappa shape index (κ1) is 8.68. The Kier molecular flexibility index (Phi) is 2.18. The van der Waals surface area contributed by atoms with Gasteiger partial charge in [0.15, 0.2) is 5.41 Å². The average molecular weight is 143 g/mol. The molecule has 0 unspecified atom stereocenters. The second-order valence-electron chi connectivity index (χ2n) is 1.79. The molecule has 2 N–H and O–H groups in total. The topological polar surface area (TPSA) is 74.6 Å². The standard InChI is InChI=1S/C6H7O4/c1-3-6(2,4(7)8)5(9)10/h3H,1-2H2,(H,7,8)(H,9,10). The largest absolute Gasteiger partial charge is 0.480 e. The summed E-state index contributed by atoms with van der Waals surface area (Å²) < 4.78 is 0. The van der Waals surface area contributed by atoms with Crippen molar-refractivity contribution in [2.24, 2.45) is 5.41 Å². The number of carboxylic acid groups (broad SMARTS) is 2. The molecule has 0 fully saturated rings. The van der Waals surface area contributed by atoms with E-state index in [1.807, 2.05) is 0 Å². The molecule has 10 heavy (non-hydrogen) atoms. The van der Waals surface area contributed by atoms with Crippen molar-refractivity contribution in [2.45, 2.75) is 0 Å². The lowest BCUT2D eigenvalue weighted by molar-refractivity contribution is -0.157. The summed E-state index contributed by atoms with van der Waals surface area (Å²) in [6.07, 6.45) is 0.775. The highest BCUT2D eigenvalue weighted by molar-refractivity contribution is 6.01. The summed E-state index contributed by atoms with van der Waals surface area (Å²) in [5.41, 5.74) is -2.11. The first-order valence-corrected chi connectivity index (χ1v) is 2.41. The van der Waals surface area contributed by atoms with E-state index in [0.29, 0.717) is 0 Å². The van der Waals surface area contributed by atoms with Crippen LogP contribution >= 0.6 is 0 Å². The van der Waals surface area contributed by atoms with Gasteiger partial charge >= 0.3 is 11.9 Å². The zero-order valence-corrected chi connectivity index (χ0v) is 5.20. The van der Waals surface area contributed by atoms with Crippen molar-refractivity contribution in [1.29, 1.82) is 0 Å². The van der Waals surface area contributed by atoms with Gasteiger partial charge in [-0.1, -0.05) is 6.08 Å². The molecule has 4 nitrogen and oxygen atoms in total. The highest BCUT2D eigenvalue weighted by Gasteiger charge is 2.38. The summed E-state index contributed by atoms with van der Waals surface area (Å²) >= 11 is 0. The molecule has 1 radical (unpaired) electrons. The van der Waals surface area contributed by atoms with Crippen molar-refractivity contribution in [3.63, 3.8) is 0 Å². The van der Waals surface area contributed by atoms with Gasteiger partial charge in [-0.05, 0) is 6.92 Å². The van der Waals surface area contributed by atoms with Crippen molar-refractivity contribution in [3.8, 4) is 0 Å². The van der Waals surface area contributed by atoms with Gasteiger partial charge in [0.1, 0.15) is 0 Å². The van der Waals surface area contributed by atoms with Gasteiger partial charge in [0.25, 0.3) is 0 Å². The van der Waals surface area contributed by atoms with E-state index in [0.717, 1.165) is 6.08 Å². The summed E-state index contributed by atoms with van der Waals surface area (Å²) in [5.74, 6) is -3.04. The van der Waals surface area contributed by atoms with Crippen LogP contribution in [0.25, 0.3) is 0 Å². The van der Waals surface area contributed by atoms with Crippen LogP contribution in [0.5, 0.6) is 0 Å². The Hall–Kier alpha value is -1.32. The van der Waals surface area contributed by atoms with E-state index >= 15 is 0 Å². The highest BCUT2D eigenvalue weighted by atomic mass is 16.4. The molecule has 0 atom stereocenters. The van der Waals surface area contributed by atoms with Gasteiger partial charge in [-0.15, -0.1) is 6.58 Å². The van der Waals surface area contributed by atoms with Gasteiger partial charge in [0.05, 0.1) is 0 Å². The highest BCUT2D eigenvalue weighted by Crippen LogP contribution is 2.16. The van der Waals surface area contributed by atoms with Crippen LogP contribution in [0.4, 0.5) is 0 Å². The Morgan fingerprint density at radius 3 is 1.60 bits per heavy atom. The second kappa shape index (κ2) is 2.51. The Labute approximate surface area is 57.8 Å². The molecule has 0 amide bonds. The molecule has 0 saturated carbocycles. The number of carboxylic acids is 2. The van der Waals surface area contributed by atoms with Crippen molar-refractivity contribution in [1.82, 2.24) is 0 Å². The molecular formula is C6H7O4. The van der Waals surface area contributed by atoms with E-state index < -0.39 is 17.4 Å². The summed E-state index contributed by atoms with van der Waals surface area (Å²) in [7, 11) is 0. The third kappa shape index (κ3) is 1.15. The number of carbonyl (C=O) groups is 2. The fraction of sp³-hybridized carbons (Fsp3) is 0.167. The SMILES string of the molecule is [CH2]C(C=C)(C(=O)O)C(=O)O. The molecule has 0 aromatic carbocycles. The number of hydrogen-bond acceptors (Lipinski definition) is 2. The van der Waals surface area contributed by atoms with Crippen LogP contribution in [-0.2, 0) is 9.59 Å². The third-order valence-electron chi connectivity index (χ3n) is 1.11. The second-order valence-corrected chi connectivity index (χ2v) is 1.79. The maximum Gasteiger partial charge on any atom is 0.324 e. The van der Waals surface area contributed by atoms with Gasteiger partial charge in [0, 0.05) is 0 Å². The van der Waals surface area contributed by atoms with Crippen molar-refractivity contribution in [2.75, 3.05) is 0 Å². The molecule has 0 aliphatic rings. The lowest BCUT2D eigenvalue weighted by Crippen LogP contribution is -2.34. The number of hydrogen-bond donors (Lipinski definition) is 2. The van der Waals surface area contributed by atoms with E-state index in [2.05, 4.69) is 13.5 Å². The van der Waals surface area contributed by atoms with Gasteiger partial charge < -0.3 is 10.2 Å². The van der Waals surface area contributed by atoms with E-state index in [9.17, 15) is 9.59 Å². The van der Waals surface area contributed by atoms with E-state index in [1.165, 1.54) is 0 Å². The molecule has 0 bridgehead atoms. The van der Waals surface area contributed by atoms with Gasteiger partial charge in [-0.2, -0.15) is 0 Å². The molecule has 0 heterocycles. The quantitative estimate of drug-likeness (QED) is 0.436. The smallest absolute Gasteiger partial charge is 0.324 e. The summed E-state index contributed by atoms with van der Waals surface area (Å²) in [6, 6.07) is 0. The average Bonchev–Trinajstić information content (AvgIpc) is 1.85. The molecule has 0 spiro atoms. The zero-order chi connectivity index (χ0) is 8.36. The van der Waals surface area contributed by atoms with E-state index in [1.54, 1.807) is 0 Å². The maximum atomic E-state index is 10.2. The maximum absolute atomic E-state index is 10.2. The van der Waals surface area contributed by atoms with Gasteiger partial charge in [0.2, 0.25) is 0 Å². The molecule has 0 aliphatic carbocycles. The minimum absolute atomic E-state index is 0.775. The predicted molar refractivity (Wildman–Crippen MR) is 33.3 cm³/mol. The van der Waals surface area contributed by atoms with Crippen molar-refractivity contribution < 1.29 is 19.8 Å². The van der Waals surface area contributed by atoms with Crippen LogP contribution in [0.2, 0.25) is 0 Å². The first-order valence-electron chi connectivity index (χ1n) is 2.41. The first-order chi connectivity index (χ1) is 4.45. The van der Waals surface area contributed by atoms with Crippen molar-refractivity contribution >= 4 is 11.9 Å². The Morgan fingerprint density at radius 1 is 1.30 bits per heavy atom. The van der Waals surface area contributed by atoms with E-state index in [4.69, 9.17) is 10.2 Å². The zero-order valence-electron chi connectivity index (χ0n) is 5.20. The molecule has 4 heteroatoms. The fourth-order valence-electron chi connectivity index (χ4n) is 0.266. The monoisotopic (exact) mass is 143 g/mol. The summed E-state index contributed by atoms with van der Waals surface area (Å²) in [6.45, 7) is 6.02. The Balaban J connectivity index is 4.72. The van der Waals surface area contributed by atoms with Crippen LogP contribution in [0.3, 0.4) is 0 Å². The summed E-state index contributed by atoms with van der Waals surface area (Å²) in [5, 5.41) is 16.6. The minimum Gasteiger partial charge on any atom is -0.480 e. The van der Waals surface area contributed by atoms with Crippen LogP contribution in [-0.4, -0.2) is 22.2 Å². The van der Waals surface area contributed by atoms with Crippen LogP contribution < -0.4 is 0 Å². The van der Waals surface area contributed by atoms with E-state index in [-0.39, 0.29) is 0 Å². The lowest BCUT2D eigenvalue weighted by atomic mass is 9.92. The molecular weight excluding hydrogens is 136 g/mol. The molecule has 55 valence electrons. The Bertz CT molecular complexity index is 168. The number of rotatable bonds is 3. The molecule has 0 saturated heterocycles. The summed E-state index contributed by atoms with van der Waals surface area (Å²) in [4.78, 5) is 20.4. The molecule has 0 aliphatic heterocycles. The van der Waals surface area contributed by atoms with Crippen LogP contribution in [0.15, 0.2) is 12.7 Å². The van der Waals surface area contributed by atoms with Crippen LogP contribution in [0, 0.1) is 12.3 Å². The predicted octanol–water partition coefficient (Wildman–Crippen LogP) is 0.162. The molecule has 0 aromatic rings.